The molecular formula is C15H13N3O2. The van der Waals surface area contributed by atoms with Gasteiger partial charge in [-0.2, -0.15) is 5.26 Å². The number of nitrogens with two attached hydrogens (primary N) is 1. The number of nitriles is 1. The van der Waals surface area contributed by atoms with Crippen molar-refractivity contribution in [2.75, 3.05) is 11.1 Å². The maximum Gasteiger partial charge on any atom is 0.337 e. The smallest absolute Gasteiger partial charge is 0.337 e. The van der Waals surface area contributed by atoms with Crippen LogP contribution in [0.4, 0.5) is 11.4 Å². The molecule has 0 unspecified atom stereocenters. The summed E-state index contributed by atoms with van der Waals surface area (Å²) in [5.41, 5.74) is 8.37. The minimum atomic E-state index is -1.04. The molecule has 0 spiro atoms. The Kier molecular flexibility index (Phi) is 3.87. The number of nitrogen functional groups attached to an aromatic ring is 1. The lowest BCUT2D eigenvalue weighted by atomic mass is 10.1. The number of benzene rings is 2. The predicted octanol–water partition coefficient (Wildman–Crippen LogP) is 2.45. The van der Waals surface area contributed by atoms with Gasteiger partial charge in [0.25, 0.3) is 0 Å². The molecule has 2 aromatic rings. The molecule has 5 nitrogen and oxygen atoms in total. The van der Waals surface area contributed by atoms with Crippen molar-refractivity contribution in [1.29, 1.82) is 5.26 Å². The molecule has 0 bridgehead atoms. The standard InChI is InChI=1S/C15H13N3O2/c16-8-10-1-3-11(4-2-10)9-18-12-5-6-13(15(19)20)14(17)7-12/h1-7,18H,9,17H2,(H,19,20). The van der Waals surface area contributed by atoms with Crippen LogP contribution in [0.25, 0.3) is 0 Å². The number of nitrogens with one attached hydrogen (secondary N) is 1. The highest BCUT2D eigenvalue weighted by molar-refractivity contribution is 5.94. The van der Waals surface area contributed by atoms with E-state index in [2.05, 4.69) is 11.4 Å². The molecule has 2 aromatic carbocycles. The molecule has 4 N–H and O–H groups in total. The first kappa shape index (κ1) is 13.4. The molecule has 0 heterocycles. The number of aromatic carboxylic acids is 1. The van der Waals surface area contributed by atoms with Gasteiger partial charge in [-0.1, -0.05) is 12.1 Å². The molecule has 100 valence electrons. The number of anilines is 2. The zero-order valence-corrected chi connectivity index (χ0v) is 10.6. The number of nitrogens with zero attached hydrogens (tertiary/aromatic N) is 1. The first-order chi connectivity index (χ1) is 9.60. The largest absolute Gasteiger partial charge is 0.478 e. The van der Waals surface area contributed by atoms with Gasteiger partial charge in [-0.3, -0.25) is 0 Å². The summed E-state index contributed by atoms with van der Waals surface area (Å²) in [6, 6.07) is 14.0. The van der Waals surface area contributed by atoms with E-state index in [1.807, 2.05) is 12.1 Å². The molecule has 0 saturated heterocycles. The molecule has 0 aliphatic rings. The average molecular weight is 267 g/mol. The van der Waals surface area contributed by atoms with E-state index in [0.717, 1.165) is 11.3 Å². The van der Waals surface area contributed by atoms with Crippen LogP contribution in [0, 0.1) is 11.3 Å². The second kappa shape index (κ2) is 5.76. The minimum Gasteiger partial charge on any atom is -0.478 e. The van der Waals surface area contributed by atoms with Crippen LogP contribution in [0.3, 0.4) is 0 Å². The van der Waals surface area contributed by atoms with E-state index in [1.54, 1.807) is 24.3 Å². The summed E-state index contributed by atoms with van der Waals surface area (Å²) < 4.78 is 0. The zero-order chi connectivity index (χ0) is 14.5. The fourth-order valence-corrected chi connectivity index (χ4v) is 1.77. The number of hydrogen-bond donors (Lipinski definition) is 3. The van der Waals surface area contributed by atoms with Gasteiger partial charge in [0, 0.05) is 17.9 Å². The molecule has 0 atom stereocenters. The van der Waals surface area contributed by atoms with E-state index < -0.39 is 5.97 Å². The highest BCUT2D eigenvalue weighted by Gasteiger charge is 2.07. The van der Waals surface area contributed by atoms with E-state index in [1.165, 1.54) is 6.07 Å². The van der Waals surface area contributed by atoms with E-state index in [-0.39, 0.29) is 11.3 Å². The van der Waals surface area contributed by atoms with Crippen molar-refractivity contribution in [3.8, 4) is 6.07 Å². The van der Waals surface area contributed by atoms with Gasteiger partial charge in [-0.25, -0.2) is 4.79 Å². The number of rotatable bonds is 4. The fourth-order valence-electron chi connectivity index (χ4n) is 1.77. The van der Waals surface area contributed by atoms with Crippen molar-refractivity contribution in [2.45, 2.75) is 6.54 Å². The van der Waals surface area contributed by atoms with E-state index in [0.29, 0.717) is 12.1 Å². The van der Waals surface area contributed by atoms with Crippen LogP contribution in [-0.2, 0) is 6.54 Å². The normalized spacial score (nSPS) is 9.75. The quantitative estimate of drug-likeness (QED) is 0.739. The second-order valence-corrected chi connectivity index (χ2v) is 4.27. The van der Waals surface area contributed by atoms with Crippen LogP contribution in [0.2, 0.25) is 0 Å². The molecule has 0 aliphatic carbocycles. The fraction of sp³-hybridized carbons (Fsp3) is 0.0667. The molecule has 0 saturated carbocycles. The van der Waals surface area contributed by atoms with Gasteiger partial charge in [0.15, 0.2) is 0 Å². The van der Waals surface area contributed by atoms with Gasteiger partial charge < -0.3 is 16.2 Å². The Morgan fingerprint density at radius 3 is 2.50 bits per heavy atom. The Hall–Kier alpha value is -3.00. The van der Waals surface area contributed by atoms with Crippen molar-refractivity contribution in [2.24, 2.45) is 0 Å². The third kappa shape index (κ3) is 3.06. The average Bonchev–Trinajstić information content (AvgIpc) is 2.45. The molecular weight excluding hydrogens is 254 g/mol. The third-order valence-electron chi connectivity index (χ3n) is 2.86. The third-order valence-corrected chi connectivity index (χ3v) is 2.86. The van der Waals surface area contributed by atoms with Crippen LogP contribution in [-0.4, -0.2) is 11.1 Å². The van der Waals surface area contributed by atoms with Crippen molar-refractivity contribution in [1.82, 2.24) is 0 Å². The summed E-state index contributed by atoms with van der Waals surface area (Å²) in [5, 5.41) is 20.7. The molecule has 0 amide bonds. The molecule has 0 fully saturated rings. The van der Waals surface area contributed by atoms with Crippen molar-refractivity contribution in [3.63, 3.8) is 0 Å². The predicted molar refractivity (Wildman–Crippen MR) is 76.3 cm³/mol. The topological polar surface area (TPSA) is 99.1 Å². The van der Waals surface area contributed by atoms with E-state index >= 15 is 0 Å². The van der Waals surface area contributed by atoms with Crippen molar-refractivity contribution >= 4 is 17.3 Å². The van der Waals surface area contributed by atoms with Gasteiger partial charge in [0.05, 0.1) is 17.2 Å². The van der Waals surface area contributed by atoms with E-state index in [9.17, 15) is 4.79 Å². The first-order valence-corrected chi connectivity index (χ1v) is 5.96. The number of carboxylic acids is 1. The Bertz CT molecular complexity index is 673. The Morgan fingerprint density at radius 1 is 1.25 bits per heavy atom. The van der Waals surface area contributed by atoms with Crippen LogP contribution in [0.5, 0.6) is 0 Å². The Morgan fingerprint density at radius 2 is 1.95 bits per heavy atom. The molecule has 0 radical (unpaired) electrons. The van der Waals surface area contributed by atoms with Crippen LogP contribution in [0.1, 0.15) is 21.5 Å². The monoisotopic (exact) mass is 267 g/mol. The molecule has 0 aliphatic heterocycles. The number of carbonyl (C=O) groups is 1. The van der Waals surface area contributed by atoms with Crippen molar-refractivity contribution in [3.05, 3.63) is 59.2 Å². The SMILES string of the molecule is N#Cc1ccc(CNc2ccc(C(=O)O)c(N)c2)cc1. The number of carboxylic acid groups (broad SMARTS) is 1. The Balaban J connectivity index is 2.05. The molecule has 5 heteroatoms. The highest BCUT2D eigenvalue weighted by atomic mass is 16.4. The molecule has 2 rings (SSSR count). The molecule has 20 heavy (non-hydrogen) atoms. The lowest BCUT2D eigenvalue weighted by molar-refractivity contribution is 0.0698. The Labute approximate surface area is 116 Å². The maximum atomic E-state index is 10.8. The van der Waals surface area contributed by atoms with Crippen molar-refractivity contribution < 1.29 is 9.90 Å². The molecule has 0 aromatic heterocycles. The summed E-state index contributed by atoms with van der Waals surface area (Å²) in [4.78, 5) is 10.8. The highest BCUT2D eigenvalue weighted by Crippen LogP contribution is 2.18. The zero-order valence-electron chi connectivity index (χ0n) is 10.6. The summed E-state index contributed by atoms with van der Waals surface area (Å²) in [5.74, 6) is -1.04. The lowest BCUT2D eigenvalue weighted by Gasteiger charge is -2.08. The van der Waals surface area contributed by atoms with Gasteiger partial charge in [-0.05, 0) is 35.9 Å². The summed E-state index contributed by atoms with van der Waals surface area (Å²) >= 11 is 0. The minimum absolute atomic E-state index is 0.0916. The van der Waals surface area contributed by atoms with Gasteiger partial charge in [0.2, 0.25) is 0 Å². The summed E-state index contributed by atoms with van der Waals surface area (Å²) in [6.45, 7) is 0.567. The van der Waals surface area contributed by atoms with Crippen LogP contribution < -0.4 is 11.1 Å². The van der Waals surface area contributed by atoms with Crippen LogP contribution >= 0.6 is 0 Å². The van der Waals surface area contributed by atoms with E-state index in [4.69, 9.17) is 16.1 Å². The number of hydrogen-bond acceptors (Lipinski definition) is 4. The van der Waals surface area contributed by atoms with Gasteiger partial charge >= 0.3 is 5.97 Å². The maximum absolute atomic E-state index is 10.8. The first-order valence-electron chi connectivity index (χ1n) is 5.96. The van der Waals surface area contributed by atoms with Gasteiger partial charge in [0.1, 0.15) is 0 Å². The van der Waals surface area contributed by atoms with Crippen LogP contribution in [0.15, 0.2) is 42.5 Å². The second-order valence-electron chi connectivity index (χ2n) is 4.27. The summed E-state index contributed by atoms with van der Waals surface area (Å²) in [6.07, 6.45) is 0. The lowest BCUT2D eigenvalue weighted by Crippen LogP contribution is -2.04. The van der Waals surface area contributed by atoms with Gasteiger partial charge in [-0.15, -0.1) is 0 Å². The summed E-state index contributed by atoms with van der Waals surface area (Å²) in [7, 11) is 0.